The Kier molecular flexibility index (Phi) is 8.28. The average Bonchev–Trinajstić information content (AvgIpc) is 3.23. The Labute approximate surface area is 225 Å². The number of aryl methyl sites for hydroxylation is 1. The lowest BCUT2D eigenvalue weighted by molar-refractivity contribution is -0.142. The van der Waals surface area contributed by atoms with Gasteiger partial charge < -0.3 is 25.3 Å². The molecule has 0 unspecified atom stereocenters. The van der Waals surface area contributed by atoms with Crippen LogP contribution in [0, 0.1) is 5.41 Å². The fourth-order valence-electron chi connectivity index (χ4n) is 4.09. The van der Waals surface area contributed by atoms with E-state index in [0.29, 0.717) is 46.2 Å². The number of benzene rings is 3. The van der Waals surface area contributed by atoms with Crippen LogP contribution in [-0.4, -0.2) is 40.4 Å². The van der Waals surface area contributed by atoms with Crippen molar-refractivity contribution in [2.45, 2.75) is 19.9 Å². The average molecular weight is 533 g/mol. The minimum atomic E-state index is -0.352. The van der Waals surface area contributed by atoms with Crippen LogP contribution in [0.4, 0.5) is 11.4 Å². The molecule has 10 heteroatoms. The maximum atomic E-state index is 13.6. The molecular formula is C28H29ClN6O3. The molecule has 1 amide bonds. The van der Waals surface area contributed by atoms with Crippen LogP contribution >= 0.6 is 11.6 Å². The molecule has 38 heavy (non-hydrogen) atoms. The van der Waals surface area contributed by atoms with Crippen molar-refractivity contribution < 1.29 is 14.3 Å². The number of nitrogens with zero attached hydrogens (tertiary/aromatic N) is 3. The third kappa shape index (κ3) is 5.95. The van der Waals surface area contributed by atoms with Crippen LogP contribution in [0.5, 0.6) is 0 Å². The van der Waals surface area contributed by atoms with E-state index in [1.54, 1.807) is 42.2 Å². The number of carbonyl (C=O) groups is 2. The molecule has 0 fully saturated rings. The van der Waals surface area contributed by atoms with Gasteiger partial charge in [0.25, 0.3) is 5.91 Å². The maximum Gasteiger partial charge on any atom is 0.307 e. The zero-order valence-corrected chi connectivity index (χ0v) is 22.0. The van der Waals surface area contributed by atoms with Gasteiger partial charge in [-0.25, -0.2) is 4.98 Å². The zero-order chi connectivity index (χ0) is 27.2. The molecule has 3 aromatic carbocycles. The lowest BCUT2D eigenvalue weighted by atomic mass is 10.1. The van der Waals surface area contributed by atoms with E-state index < -0.39 is 0 Å². The second-order valence-corrected chi connectivity index (χ2v) is 9.01. The number of nitrogens with two attached hydrogens (primary N) is 1. The second kappa shape index (κ2) is 11.8. The number of aromatic nitrogens is 2. The molecule has 0 spiro atoms. The van der Waals surface area contributed by atoms with Crippen LogP contribution in [-0.2, 0) is 23.1 Å². The number of nitrogen functional groups attached to an aromatic ring is 1. The van der Waals surface area contributed by atoms with Crippen molar-refractivity contribution in [3.8, 4) is 0 Å². The highest BCUT2D eigenvalue weighted by molar-refractivity contribution is 6.33. The van der Waals surface area contributed by atoms with Crippen molar-refractivity contribution in [2.75, 3.05) is 23.4 Å². The van der Waals surface area contributed by atoms with Gasteiger partial charge in [0, 0.05) is 30.4 Å². The SMILES string of the molecule is CCOC(=O)CCN(C(=O)c1ccc2c(c1)nc(CNc1ccc(C(=N)N)cc1Cl)n2C)c1ccccc1. The number of carbonyl (C=O) groups excluding carboxylic acids is 2. The molecule has 0 aliphatic carbocycles. The summed E-state index contributed by atoms with van der Waals surface area (Å²) in [7, 11) is 1.91. The number of para-hydroxylation sites is 1. The highest BCUT2D eigenvalue weighted by atomic mass is 35.5. The molecule has 0 saturated carbocycles. The summed E-state index contributed by atoms with van der Waals surface area (Å²) in [4.78, 5) is 31.9. The largest absolute Gasteiger partial charge is 0.466 e. The van der Waals surface area contributed by atoms with Crippen molar-refractivity contribution in [2.24, 2.45) is 12.8 Å². The number of imidazole rings is 1. The fraction of sp³-hybridized carbons (Fsp3) is 0.214. The summed E-state index contributed by atoms with van der Waals surface area (Å²) >= 11 is 6.34. The fourth-order valence-corrected chi connectivity index (χ4v) is 4.34. The first kappa shape index (κ1) is 26.7. The van der Waals surface area contributed by atoms with Crippen molar-refractivity contribution in [1.29, 1.82) is 5.41 Å². The number of rotatable bonds is 10. The van der Waals surface area contributed by atoms with E-state index in [1.165, 1.54) is 0 Å². The van der Waals surface area contributed by atoms with Gasteiger partial charge >= 0.3 is 5.97 Å². The molecule has 4 aromatic rings. The highest BCUT2D eigenvalue weighted by Gasteiger charge is 2.20. The number of hydrogen-bond donors (Lipinski definition) is 3. The zero-order valence-electron chi connectivity index (χ0n) is 21.2. The lowest BCUT2D eigenvalue weighted by Crippen LogP contribution is -2.33. The van der Waals surface area contributed by atoms with Gasteiger partial charge in [0.15, 0.2) is 0 Å². The molecule has 0 radical (unpaired) electrons. The summed E-state index contributed by atoms with van der Waals surface area (Å²) in [5.41, 5.74) is 9.47. The molecule has 9 nitrogen and oxygen atoms in total. The Balaban J connectivity index is 1.56. The molecule has 0 aliphatic heterocycles. The van der Waals surface area contributed by atoms with Gasteiger partial charge in [-0.15, -0.1) is 0 Å². The van der Waals surface area contributed by atoms with Gasteiger partial charge in [0.1, 0.15) is 11.7 Å². The van der Waals surface area contributed by atoms with Crippen LogP contribution in [0.3, 0.4) is 0 Å². The van der Waals surface area contributed by atoms with Gasteiger partial charge in [0.2, 0.25) is 0 Å². The standard InChI is InChI=1S/C28H29ClN6O3/c1-3-38-26(36)13-14-35(20-7-5-4-6-8-20)28(37)19-10-12-24-23(16-19)33-25(34(24)2)17-32-22-11-9-18(27(30)31)15-21(22)29/h4-12,15-16,32H,3,13-14,17H2,1-2H3,(H3,30,31). The number of anilines is 2. The van der Waals surface area contributed by atoms with Gasteiger partial charge in [-0.05, 0) is 55.5 Å². The first-order valence-corrected chi connectivity index (χ1v) is 12.5. The molecule has 1 heterocycles. The minimum Gasteiger partial charge on any atom is -0.466 e. The van der Waals surface area contributed by atoms with E-state index in [0.717, 1.165) is 11.3 Å². The lowest BCUT2D eigenvalue weighted by Gasteiger charge is -2.22. The number of ether oxygens (including phenoxy) is 1. The maximum absolute atomic E-state index is 13.6. The molecule has 4 N–H and O–H groups in total. The molecule has 0 aliphatic rings. The molecule has 1 aromatic heterocycles. The van der Waals surface area contributed by atoms with E-state index in [9.17, 15) is 9.59 Å². The summed E-state index contributed by atoms with van der Waals surface area (Å²) in [5.74, 6) is 0.115. The third-order valence-corrected chi connectivity index (χ3v) is 6.41. The minimum absolute atomic E-state index is 0.0501. The normalized spacial score (nSPS) is 10.8. The predicted molar refractivity (Wildman–Crippen MR) is 150 cm³/mol. The van der Waals surface area contributed by atoms with Crippen LogP contribution in [0.2, 0.25) is 5.02 Å². The Morgan fingerprint density at radius 2 is 1.84 bits per heavy atom. The second-order valence-electron chi connectivity index (χ2n) is 8.60. The van der Waals surface area contributed by atoms with Crippen LogP contribution < -0.4 is 16.0 Å². The Morgan fingerprint density at radius 1 is 1.11 bits per heavy atom. The van der Waals surface area contributed by atoms with Gasteiger partial charge in [-0.3, -0.25) is 15.0 Å². The quantitative estimate of drug-likeness (QED) is 0.154. The van der Waals surface area contributed by atoms with Gasteiger partial charge in [-0.1, -0.05) is 29.8 Å². The summed E-state index contributed by atoms with van der Waals surface area (Å²) in [6.45, 7) is 2.63. The van der Waals surface area contributed by atoms with Crippen molar-refractivity contribution in [1.82, 2.24) is 9.55 Å². The molecule has 0 saturated heterocycles. The summed E-state index contributed by atoms with van der Waals surface area (Å²) < 4.78 is 7.00. The number of halogens is 1. The Morgan fingerprint density at radius 3 is 2.53 bits per heavy atom. The van der Waals surface area contributed by atoms with E-state index >= 15 is 0 Å². The number of hydrogen-bond acceptors (Lipinski definition) is 6. The molecule has 0 bridgehead atoms. The van der Waals surface area contributed by atoms with Crippen LogP contribution in [0.15, 0.2) is 66.7 Å². The topological polar surface area (TPSA) is 126 Å². The first-order valence-electron chi connectivity index (χ1n) is 12.1. The Bertz CT molecular complexity index is 1480. The first-order chi connectivity index (χ1) is 18.3. The monoisotopic (exact) mass is 532 g/mol. The van der Waals surface area contributed by atoms with Gasteiger partial charge in [-0.2, -0.15) is 0 Å². The molecule has 196 valence electrons. The van der Waals surface area contributed by atoms with Crippen molar-refractivity contribution >= 4 is 51.7 Å². The van der Waals surface area contributed by atoms with E-state index in [2.05, 4.69) is 5.32 Å². The smallest absolute Gasteiger partial charge is 0.307 e. The highest BCUT2D eigenvalue weighted by Crippen LogP contribution is 2.25. The predicted octanol–water partition coefficient (Wildman–Crippen LogP) is 4.72. The van der Waals surface area contributed by atoms with E-state index in [-0.39, 0.29) is 30.7 Å². The van der Waals surface area contributed by atoms with E-state index in [1.807, 2.05) is 48.0 Å². The van der Waals surface area contributed by atoms with Gasteiger partial charge in [0.05, 0.1) is 41.3 Å². The Hall–Kier alpha value is -4.37. The van der Waals surface area contributed by atoms with Crippen LogP contribution in [0.25, 0.3) is 11.0 Å². The number of esters is 1. The van der Waals surface area contributed by atoms with Crippen molar-refractivity contribution in [3.05, 3.63) is 88.7 Å². The van der Waals surface area contributed by atoms with Crippen molar-refractivity contribution in [3.63, 3.8) is 0 Å². The van der Waals surface area contributed by atoms with Crippen LogP contribution in [0.1, 0.15) is 35.1 Å². The summed E-state index contributed by atoms with van der Waals surface area (Å²) in [6.07, 6.45) is 0.0894. The summed E-state index contributed by atoms with van der Waals surface area (Å²) in [6, 6.07) is 19.8. The number of amides is 1. The third-order valence-electron chi connectivity index (χ3n) is 6.10. The summed E-state index contributed by atoms with van der Waals surface area (Å²) in [5, 5.41) is 11.3. The number of nitrogens with one attached hydrogen (secondary N) is 2. The number of fused-ring (bicyclic) bond motifs is 1. The molecular weight excluding hydrogens is 504 g/mol. The van der Waals surface area contributed by atoms with E-state index in [4.69, 9.17) is 32.5 Å². The molecule has 0 atom stereocenters. The number of amidine groups is 1. The molecule has 4 rings (SSSR count).